The molecule has 6 unspecified atom stereocenters. The Kier molecular flexibility index (Phi) is 4.92. The van der Waals surface area contributed by atoms with Crippen molar-refractivity contribution in [3.63, 3.8) is 0 Å². The van der Waals surface area contributed by atoms with Crippen molar-refractivity contribution >= 4 is 52.5 Å². The minimum Gasteiger partial charge on any atom is -0.508 e. The highest BCUT2D eigenvalue weighted by Crippen LogP contribution is 2.66. The van der Waals surface area contributed by atoms with Gasteiger partial charge in [0.1, 0.15) is 11.6 Å². The van der Waals surface area contributed by atoms with Crippen LogP contribution in [0.4, 0.5) is 10.1 Å². The van der Waals surface area contributed by atoms with Crippen molar-refractivity contribution in [2.45, 2.75) is 28.5 Å². The Morgan fingerprint density at radius 3 is 2.33 bits per heavy atom. The molecule has 2 heterocycles. The van der Waals surface area contributed by atoms with Crippen LogP contribution >= 0.6 is 23.2 Å². The van der Waals surface area contributed by atoms with E-state index >= 15 is 0 Å². The van der Waals surface area contributed by atoms with E-state index in [9.17, 15) is 28.7 Å². The van der Waals surface area contributed by atoms with Gasteiger partial charge in [0.15, 0.2) is 9.75 Å². The normalized spacial score (nSPS) is 35.2. The number of benzene rings is 2. The average molecular weight is 529 g/mol. The fourth-order valence-electron chi connectivity index (χ4n) is 6.39. The fourth-order valence-corrected chi connectivity index (χ4v) is 7.31. The standard InChI is InChI=1S/C26H19Cl2FN2O5/c27-25-11-17-14(9-10-16-19(17)22(34)30-21(16)33)20(15-3-1-2-4-18(15)32)26(25,28)24(36)31(23(25)35)13-7-5-12(29)6-8-13/h1-9,16-17,19-20,32H,10-11H2,(H,30,33,34). The van der Waals surface area contributed by atoms with Crippen molar-refractivity contribution in [1.82, 2.24) is 5.32 Å². The van der Waals surface area contributed by atoms with Gasteiger partial charge >= 0.3 is 0 Å². The Bertz CT molecular complexity index is 1390. The first-order valence-corrected chi connectivity index (χ1v) is 12.2. The number of alkyl halides is 2. The molecule has 0 radical (unpaired) electrons. The predicted octanol–water partition coefficient (Wildman–Crippen LogP) is 3.38. The van der Waals surface area contributed by atoms with E-state index in [1.165, 1.54) is 18.2 Å². The van der Waals surface area contributed by atoms with Gasteiger partial charge in [-0.05, 0) is 49.1 Å². The number of phenolic OH excluding ortho intramolecular Hbond substituents is 1. The second-order valence-electron chi connectivity index (χ2n) is 9.66. The van der Waals surface area contributed by atoms with Gasteiger partial charge < -0.3 is 5.11 Å². The summed E-state index contributed by atoms with van der Waals surface area (Å²) in [5, 5.41) is 13.2. The average Bonchev–Trinajstić information content (AvgIpc) is 3.22. The Balaban J connectivity index is 1.59. The lowest BCUT2D eigenvalue weighted by molar-refractivity contribution is -0.127. The van der Waals surface area contributed by atoms with Crippen LogP contribution in [0.3, 0.4) is 0 Å². The van der Waals surface area contributed by atoms with Gasteiger partial charge in [0, 0.05) is 11.5 Å². The number of halogens is 3. The van der Waals surface area contributed by atoms with E-state index in [1.807, 2.05) is 0 Å². The highest BCUT2D eigenvalue weighted by molar-refractivity contribution is 6.58. The van der Waals surface area contributed by atoms with Gasteiger partial charge in [-0.15, -0.1) is 23.2 Å². The number of hydrogen-bond acceptors (Lipinski definition) is 5. The summed E-state index contributed by atoms with van der Waals surface area (Å²) in [7, 11) is 0. The van der Waals surface area contributed by atoms with Gasteiger partial charge in [0.2, 0.25) is 11.8 Å². The lowest BCUT2D eigenvalue weighted by atomic mass is 9.56. The molecule has 2 aliphatic carbocycles. The van der Waals surface area contributed by atoms with Gasteiger partial charge in [0.25, 0.3) is 11.8 Å². The van der Waals surface area contributed by atoms with Crippen molar-refractivity contribution in [3.8, 4) is 5.75 Å². The number of nitrogens with zero attached hydrogens (tertiary/aromatic N) is 1. The number of carbonyl (C=O) groups is 4. The summed E-state index contributed by atoms with van der Waals surface area (Å²) in [6.45, 7) is 0. The number of para-hydroxylation sites is 1. The van der Waals surface area contributed by atoms with E-state index in [1.54, 1.807) is 24.3 Å². The van der Waals surface area contributed by atoms with Crippen LogP contribution in [-0.2, 0) is 19.2 Å². The van der Waals surface area contributed by atoms with E-state index in [4.69, 9.17) is 23.2 Å². The molecule has 2 N–H and O–H groups in total. The molecule has 0 bridgehead atoms. The van der Waals surface area contributed by atoms with Crippen LogP contribution in [-0.4, -0.2) is 38.5 Å². The first-order chi connectivity index (χ1) is 17.1. The third-order valence-corrected chi connectivity index (χ3v) is 9.40. The number of amides is 4. The Morgan fingerprint density at radius 1 is 0.944 bits per heavy atom. The topological polar surface area (TPSA) is 104 Å². The minimum absolute atomic E-state index is 0.0977. The number of anilines is 1. The number of phenols is 1. The Hall–Kier alpha value is -3.23. The summed E-state index contributed by atoms with van der Waals surface area (Å²) in [5.74, 6) is -6.33. The first kappa shape index (κ1) is 23.2. The molecule has 2 aromatic rings. The van der Waals surface area contributed by atoms with Gasteiger partial charge in [-0.1, -0.05) is 29.8 Å². The molecule has 2 aromatic carbocycles. The second kappa shape index (κ2) is 7.63. The van der Waals surface area contributed by atoms with Gasteiger partial charge in [-0.3, -0.25) is 24.5 Å². The van der Waals surface area contributed by atoms with Crippen molar-refractivity contribution in [2.24, 2.45) is 17.8 Å². The van der Waals surface area contributed by atoms with Crippen LogP contribution in [0.15, 0.2) is 60.2 Å². The van der Waals surface area contributed by atoms with E-state index in [2.05, 4.69) is 5.32 Å². The Labute approximate surface area is 214 Å². The quantitative estimate of drug-likeness (QED) is 0.353. The summed E-state index contributed by atoms with van der Waals surface area (Å²) in [6, 6.07) is 11.1. The minimum atomic E-state index is -2.06. The molecule has 2 aliphatic heterocycles. The molecule has 1 saturated carbocycles. The molecular formula is C26H19Cl2FN2O5. The van der Waals surface area contributed by atoms with E-state index < -0.39 is 62.9 Å². The summed E-state index contributed by atoms with van der Waals surface area (Å²) in [5.41, 5.74) is 0.954. The first-order valence-electron chi connectivity index (χ1n) is 11.4. The SMILES string of the molecule is O=C1NC(=O)C2C1CC=C1C2CC2(Cl)C(=O)N(c3ccc(F)cc3)C(=O)C2(Cl)C1c1ccccc1O. The smallest absolute Gasteiger partial charge is 0.258 e. The van der Waals surface area contributed by atoms with Crippen LogP contribution in [0.2, 0.25) is 0 Å². The van der Waals surface area contributed by atoms with Crippen molar-refractivity contribution in [2.75, 3.05) is 4.90 Å². The largest absolute Gasteiger partial charge is 0.508 e. The van der Waals surface area contributed by atoms with Crippen LogP contribution in [0.25, 0.3) is 0 Å². The number of hydrogen-bond donors (Lipinski definition) is 2. The molecular weight excluding hydrogens is 510 g/mol. The predicted molar refractivity (Wildman–Crippen MR) is 128 cm³/mol. The zero-order valence-electron chi connectivity index (χ0n) is 18.6. The second-order valence-corrected chi connectivity index (χ2v) is 10.9. The summed E-state index contributed by atoms with van der Waals surface area (Å²) < 4.78 is 13.6. The molecule has 7 nitrogen and oxygen atoms in total. The molecule has 4 amide bonds. The molecule has 6 rings (SSSR count). The number of nitrogens with one attached hydrogen (secondary N) is 1. The number of fused-ring (bicyclic) bond motifs is 4. The van der Waals surface area contributed by atoms with Crippen LogP contribution in [0, 0.1) is 23.6 Å². The zero-order chi connectivity index (χ0) is 25.6. The Morgan fingerprint density at radius 2 is 1.64 bits per heavy atom. The molecule has 4 aliphatic rings. The van der Waals surface area contributed by atoms with Crippen LogP contribution in [0.5, 0.6) is 5.75 Å². The number of aromatic hydroxyl groups is 1. The van der Waals surface area contributed by atoms with E-state index in [0.29, 0.717) is 5.57 Å². The maximum atomic E-state index is 14.0. The highest BCUT2D eigenvalue weighted by atomic mass is 35.5. The summed E-state index contributed by atoms with van der Waals surface area (Å²) in [6.07, 6.45) is 1.85. The van der Waals surface area contributed by atoms with Gasteiger partial charge in [0.05, 0.1) is 17.5 Å². The third kappa shape index (κ3) is 2.80. The lowest BCUT2D eigenvalue weighted by Crippen LogP contribution is -2.60. The van der Waals surface area contributed by atoms with E-state index in [0.717, 1.165) is 17.0 Å². The van der Waals surface area contributed by atoms with E-state index in [-0.39, 0.29) is 29.8 Å². The molecule has 6 atom stereocenters. The lowest BCUT2D eigenvalue weighted by Gasteiger charge is -2.50. The highest BCUT2D eigenvalue weighted by Gasteiger charge is 2.76. The molecule has 2 saturated heterocycles. The summed E-state index contributed by atoms with van der Waals surface area (Å²) in [4.78, 5) is 50.0. The number of allylic oxidation sites excluding steroid dienone is 2. The van der Waals surface area contributed by atoms with Crippen molar-refractivity contribution < 1.29 is 28.7 Å². The molecule has 0 spiro atoms. The van der Waals surface area contributed by atoms with Crippen LogP contribution in [0.1, 0.15) is 24.3 Å². The number of rotatable bonds is 2. The van der Waals surface area contributed by atoms with Crippen molar-refractivity contribution in [1.29, 1.82) is 0 Å². The molecule has 10 heteroatoms. The number of imide groups is 2. The van der Waals surface area contributed by atoms with Gasteiger partial charge in [-0.2, -0.15) is 0 Å². The zero-order valence-corrected chi connectivity index (χ0v) is 20.1. The van der Waals surface area contributed by atoms with Gasteiger partial charge in [-0.25, -0.2) is 9.29 Å². The summed E-state index contributed by atoms with van der Waals surface area (Å²) >= 11 is 14.3. The maximum absolute atomic E-state index is 14.0. The molecule has 184 valence electrons. The monoisotopic (exact) mass is 528 g/mol. The fraction of sp³-hybridized carbons (Fsp3) is 0.308. The molecule has 36 heavy (non-hydrogen) atoms. The molecule has 3 fully saturated rings. The molecule has 0 aromatic heterocycles. The van der Waals surface area contributed by atoms with Crippen molar-refractivity contribution in [3.05, 3.63) is 71.6 Å². The van der Waals surface area contributed by atoms with Crippen LogP contribution < -0.4 is 10.2 Å². The maximum Gasteiger partial charge on any atom is 0.258 e. The number of carbonyl (C=O) groups excluding carboxylic acids is 4. The third-order valence-electron chi connectivity index (χ3n) is 7.99.